The van der Waals surface area contributed by atoms with Gasteiger partial charge in [-0.1, -0.05) is 93.9 Å². The van der Waals surface area contributed by atoms with E-state index in [-0.39, 0.29) is 0 Å². The zero-order valence-corrected chi connectivity index (χ0v) is 18.9. The maximum absolute atomic E-state index is 2.71. The van der Waals surface area contributed by atoms with Gasteiger partial charge in [-0.3, -0.25) is 0 Å². The maximum Gasteiger partial charge on any atom is -0.0215 e. The summed E-state index contributed by atoms with van der Waals surface area (Å²) >= 11 is 0. The first kappa shape index (κ1) is 21.3. The van der Waals surface area contributed by atoms with Crippen molar-refractivity contribution in [3.05, 3.63) is 0 Å². The molecular weight excluding hydrogens is 300 g/mol. The van der Waals surface area contributed by atoms with Crippen LogP contribution in [0.3, 0.4) is 0 Å². The first-order valence-electron chi connectivity index (χ1n) is 11.5. The Morgan fingerprint density at radius 2 is 1.60 bits per heavy atom. The second-order valence-corrected chi connectivity index (χ2v) is 11.7. The Kier molecular flexibility index (Phi) is 6.44. The van der Waals surface area contributed by atoms with E-state index in [9.17, 15) is 0 Å². The number of hydrogen-bond donors (Lipinski definition) is 0. The molecule has 0 aromatic rings. The molecular formula is C25H48. The highest BCUT2D eigenvalue weighted by Crippen LogP contribution is 2.71. The van der Waals surface area contributed by atoms with Gasteiger partial charge in [-0.15, -0.1) is 0 Å². The monoisotopic (exact) mass is 348 g/mol. The molecule has 0 heteroatoms. The van der Waals surface area contributed by atoms with Crippen molar-refractivity contribution in [1.82, 2.24) is 0 Å². The van der Waals surface area contributed by atoms with Crippen molar-refractivity contribution in [3.63, 3.8) is 0 Å². The van der Waals surface area contributed by atoms with Gasteiger partial charge < -0.3 is 0 Å². The molecule has 2 aliphatic rings. The number of hydrogen-bond acceptors (Lipinski definition) is 0. The van der Waals surface area contributed by atoms with Crippen molar-refractivity contribution in [2.75, 3.05) is 0 Å². The molecule has 2 rings (SSSR count). The molecule has 0 aromatic carbocycles. The highest BCUT2D eigenvalue weighted by atomic mass is 14.7. The van der Waals surface area contributed by atoms with E-state index in [1.165, 1.54) is 70.6 Å². The van der Waals surface area contributed by atoms with Gasteiger partial charge in [0.1, 0.15) is 0 Å². The molecule has 148 valence electrons. The highest BCUT2D eigenvalue weighted by Gasteiger charge is 2.62. The van der Waals surface area contributed by atoms with E-state index in [1.807, 2.05) is 0 Å². The summed E-state index contributed by atoms with van der Waals surface area (Å²) in [7, 11) is 0. The normalized spacial score (nSPS) is 38.4. The molecule has 0 radical (unpaired) electrons. The number of rotatable bonds is 7. The zero-order chi connectivity index (χ0) is 18.9. The first-order valence-corrected chi connectivity index (χ1v) is 11.5. The topological polar surface area (TPSA) is 0 Å². The lowest BCUT2D eigenvalue weighted by Gasteiger charge is -2.58. The van der Waals surface area contributed by atoms with E-state index >= 15 is 0 Å². The predicted octanol–water partition coefficient (Wildman–Crippen LogP) is 8.64. The van der Waals surface area contributed by atoms with E-state index in [2.05, 4.69) is 55.4 Å². The Morgan fingerprint density at radius 3 is 2.16 bits per heavy atom. The fourth-order valence-electron chi connectivity index (χ4n) is 7.17. The summed E-state index contributed by atoms with van der Waals surface area (Å²) < 4.78 is 0. The van der Waals surface area contributed by atoms with Crippen LogP contribution in [0.1, 0.15) is 126 Å². The van der Waals surface area contributed by atoms with Crippen LogP contribution < -0.4 is 0 Å². The number of fused-ring (bicyclic) bond motifs is 1. The van der Waals surface area contributed by atoms with Gasteiger partial charge in [-0.05, 0) is 65.6 Å². The fourth-order valence-corrected chi connectivity index (χ4v) is 7.17. The summed E-state index contributed by atoms with van der Waals surface area (Å²) in [6, 6.07) is 0. The van der Waals surface area contributed by atoms with E-state index in [0.29, 0.717) is 21.7 Å². The van der Waals surface area contributed by atoms with Crippen molar-refractivity contribution in [1.29, 1.82) is 0 Å². The third kappa shape index (κ3) is 3.84. The molecule has 25 heavy (non-hydrogen) atoms. The molecule has 0 spiro atoms. The van der Waals surface area contributed by atoms with E-state index in [0.717, 1.165) is 11.8 Å². The van der Waals surface area contributed by atoms with Crippen molar-refractivity contribution in [3.8, 4) is 0 Å². The Bertz CT molecular complexity index is 428. The molecule has 0 amide bonds. The van der Waals surface area contributed by atoms with E-state index in [4.69, 9.17) is 0 Å². The maximum atomic E-state index is 2.71. The van der Waals surface area contributed by atoms with Gasteiger partial charge in [0.15, 0.2) is 0 Å². The van der Waals surface area contributed by atoms with Crippen LogP contribution in [0.5, 0.6) is 0 Å². The molecule has 2 fully saturated rings. The van der Waals surface area contributed by atoms with Crippen molar-refractivity contribution < 1.29 is 0 Å². The van der Waals surface area contributed by atoms with Crippen molar-refractivity contribution in [2.24, 2.45) is 33.5 Å². The minimum Gasteiger partial charge on any atom is -0.0654 e. The second-order valence-electron chi connectivity index (χ2n) is 11.7. The van der Waals surface area contributed by atoms with Crippen molar-refractivity contribution >= 4 is 0 Å². The van der Waals surface area contributed by atoms with Crippen LogP contribution in [0.15, 0.2) is 0 Å². The lowest BCUT2D eigenvalue weighted by Crippen LogP contribution is -2.50. The van der Waals surface area contributed by atoms with Gasteiger partial charge in [0, 0.05) is 0 Å². The summed E-state index contributed by atoms with van der Waals surface area (Å²) in [5.41, 5.74) is 2.10. The van der Waals surface area contributed by atoms with Gasteiger partial charge in [0.2, 0.25) is 0 Å². The molecule has 0 saturated heterocycles. The second kappa shape index (κ2) is 7.55. The van der Waals surface area contributed by atoms with E-state index < -0.39 is 0 Å². The summed E-state index contributed by atoms with van der Waals surface area (Å²) in [6.45, 7) is 20.2. The van der Waals surface area contributed by atoms with Crippen LogP contribution in [0.4, 0.5) is 0 Å². The van der Waals surface area contributed by atoms with Gasteiger partial charge >= 0.3 is 0 Å². The largest absolute Gasteiger partial charge is 0.0654 e. The Hall–Kier alpha value is 0. The minimum absolute atomic E-state index is 0.481. The van der Waals surface area contributed by atoms with Crippen molar-refractivity contribution in [2.45, 2.75) is 126 Å². The Balaban J connectivity index is 2.22. The van der Waals surface area contributed by atoms with Gasteiger partial charge in [0.05, 0.1) is 0 Å². The SMILES string of the molecule is CCCC1CCCC2(C)C1CCC2(C)C(C)(CC)CCCC(C)(C)C. The summed E-state index contributed by atoms with van der Waals surface area (Å²) in [5, 5.41) is 0. The third-order valence-electron chi connectivity index (χ3n) is 9.30. The van der Waals surface area contributed by atoms with Crippen LogP contribution in [0.2, 0.25) is 0 Å². The highest BCUT2D eigenvalue weighted by molar-refractivity contribution is 5.11. The van der Waals surface area contributed by atoms with Crippen LogP contribution in [-0.2, 0) is 0 Å². The summed E-state index contributed by atoms with van der Waals surface area (Å²) in [6.07, 6.45) is 15.9. The standard InChI is InChI=1S/C25H48/c1-9-13-20-14-11-18-24(7)21(20)15-19-25(24,8)23(6,10-2)17-12-16-22(3,4)5/h20-21H,9-19H2,1-8H3. The van der Waals surface area contributed by atoms with Gasteiger partial charge in [-0.2, -0.15) is 0 Å². The molecule has 5 unspecified atom stereocenters. The Morgan fingerprint density at radius 1 is 0.920 bits per heavy atom. The molecule has 0 N–H and O–H groups in total. The minimum atomic E-state index is 0.481. The molecule has 2 saturated carbocycles. The predicted molar refractivity (Wildman–Crippen MR) is 113 cm³/mol. The Labute approximate surface area is 159 Å². The lowest BCUT2D eigenvalue weighted by atomic mass is 9.47. The van der Waals surface area contributed by atoms with Crippen LogP contribution in [-0.4, -0.2) is 0 Å². The lowest BCUT2D eigenvalue weighted by molar-refractivity contribution is -0.0909. The van der Waals surface area contributed by atoms with Crippen LogP contribution >= 0.6 is 0 Å². The quantitative estimate of drug-likeness (QED) is 0.432. The van der Waals surface area contributed by atoms with Crippen LogP contribution in [0, 0.1) is 33.5 Å². The smallest absolute Gasteiger partial charge is 0.0215 e. The fraction of sp³-hybridized carbons (Fsp3) is 1.00. The third-order valence-corrected chi connectivity index (χ3v) is 9.30. The average molecular weight is 349 g/mol. The molecule has 0 nitrogen and oxygen atoms in total. The first-order chi connectivity index (χ1) is 11.5. The van der Waals surface area contributed by atoms with Crippen LogP contribution in [0.25, 0.3) is 0 Å². The van der Waals surface area contributed by atoms with Gasteiger partial charge in [0.25, 0.3) is 0 Å². The van der Waals surface area contributed by atoms with Gasteiger partial charge in [-0.25, -0.2) is 0 Å². The molecule has 0 aromatic heterocycles. The average Bonchev–Trinajstić information content (AvgIpc) is 2.80. The summed E-state index contributed by atoms with van der Waals surface area (Å²) in [4.78, 5) is 0. The molecule has 2 aliphatic carbocycles. The molecule has 0 aliphatic heterocycles. The zero-order valence-electron chi connectivity index (χ0n) is 18.9. The van der Waals surface area contributed by atoms with E-state index in [1.54, 1.807) is 0 Å². The summed E-state index contributed by atoms with van der Waals surface area (Å²) in [5.74, 6) is 2.01. The molecule has 0 bridgehead atoms. The molecule has 0 heterocycles. The molecule has 5 atom stereocenters.